The summed E-state index contributed by atoms with van der Waals surface area (Å²) in [6.45, 7) is 1.51. The molecule has 1 amide bonds. The van der Waals surface area contributed by atoms with Gasteiger partial charge in [-0.15, -0.1) is 0 Å². The van der Waals surface area contributed by atoms with Crippen molar-refractivity contribution in [1.82, 2.24) is 20.2 Å². The van der Waals surface area contributed by atoms with Crippen LogP contribution in [0.4, 0.5) is 5.69 Å². The molecule has 1 aliphatic rings. The molecule has 3 aromatic rings. The Morgan fingerprint density at radius 2 is 1.93 bits per heavy atom. The van der Waals surface area contributed by atoms with Crippen LogP contribution in [0.2, 0.25) is 0 Å². The lowest BCUT2D eigenvalue weighted by molar-refractivity contribution is -0.122. The summed E-state index contributed by atoms with van der Waals surface area (Å²) in [5.74, 6) is -1.25. The first-order valence-corrected chi connectivity index (χ1v) is 15.4. The summed E-state index contributed by atoms with van der Waals surface area (Å²) >= 11 is 0. The van der Waals surface area contributed by atoms with Crippen LogP contribution in [0.5, 0.6) is 0 Å². The second-order valence-electron chi connectivity index (χ2n) is 10.2. The number of hydrogen-bond donors (Lipinski definition) is 5. The maximum atomic E-state index is 13.3. The first-order chi connectivity index (χ1) is 20.1. The molecular weight excluding hydrogens is 564 g/mol. The standard InChI is InChI=1S/C27H36N8O6S/c28-27(29)31-12-3-6-20(24(37)25-33-19-5-1-2-8-22(19)41-25)32-23(36)17-35-15-4-7-21(26(35)38)34-42(39,40)16-11-18-9-13-30-14-10-18/h1-2,4-5,7-8,15,18,20,30,34H,3,6,9-14,16-17H2,(H,32,36)(H4,28,29,31)/t20-/m0/s1. The second kappa shape index (κ2) is 14.1. The molecule has 0 unspecified atom stereocenters. The lowest BCUT2D eigenvalue weighted by Crippen LogP contribution is -2.43. The van der Waals surface area contributed by atoms with Crippen LogP contribution >= 0.6 is 0 Å². The van der Waals surface area contributed by atoms with Crippen molar-refractivity contribution in [2.75, 3.05) is 30.1 Å². The molecule has 1 atom stereocenters. The van der Waals surface area contributed by atoms with Gasteiger partial charge >= 0.3 is 0 Å². The summed E-state index contributed by atoms with van der Waals surface area (Å²) in [4.78, 5) is 47.4. The first kappa shape index (κ1) is 30.7. The van der Waals surface area contributed by atoms with Crippen LogP contribution in [0, 0.1) is 5.92 Å². The van der Waals surface area contributed by atoms with Crippen molar-refractivity contribution in [2.45, 2.75) is 44.7 Å². The average Bonchev–Trinajstić information content (AvgIpc) is 3.40. The van der Waals surface area contributed by atoms with Crippen molar-refractivity contribution in [1.29, 1.82) is 0 Å². The Hall–Kier alpha value is -4.24. The molecule has 15 heteroatoms. The highest BCUT2D eigenvalue weighted by molar-refractivity contribution is 7.92. The van der Waals surface area contributed by atoms with Gasteiger partial charge in [0.25, 0.3) is 11.4 Å². The Labute approximate surface area is 243 Å². The number of piperidine rings is 1. The largest absolute Gasteiger partial charge is 0.434 e. The number of hydrogen-bond acceptors (Lipinski definition) is 9. The van der Waals surface area contributed by atoms with Crippen molar-refractivity contribution < 1.29 is 22.4 Å². The second-order valence-corrected chi connectivity index (χ2v) is 12.0. The third kappa shape index (κ3) is 8.63. The summed E-state index contributed by atoms with van der Waals surface area (Å²) < 4.78 is 34.4. The molecule has 42 heavy (non-hydrogen) atoms. The topological polar surface area (TPSA) is 217 Å². The van der Waals surface area contributed by atoms with Gasteiger partial charge in [0.1, 0.15) is 17.7 Å². The predicted octanol–water partition coefficient (Wildman–Crippen LogP) is 0.542. The zero-order valence-electron chi connectivity index (χ0n) is 23.1. The van der Waals surface area contributed by atoms with Crippen molar-refractivity contribution >= 4 is 44.5 Å². The number of para-hydroxylation sites is 2. The fourth-order valence-electron chi connectivity index (χ4n) is 4.74. The highest BCUT2D eigenvalue weighted by Gasteiger charge is 2.27. The van der Waals surface area contributed by atoms with Gasteiger partial charge in [-0.25, -0.2) is 13.4 Å². The molecule has 0 saturated carbocycles. The van der Waals surface area contributed by atoms with E-state index >= 15 is 0 Å². The van der Waals surface area contributed by atoms with E-state index in [1.165, 1.54) is 18.3 Å². The first-order valence-electron chi connectivity index (χ1n) is 13.8. The normalized spacial score (nSPS) is 14.8. The Balaban J connectivity index is 1.43. The summed E-state index contributed by atoms with van der Waals surface area (Å²) in [5, 5.41) is 5.89. The van der Waals surface area contributed by atoms with Crippen LogP contribution < -0.4 is 32.4 Å². The number of benzene rings is 1. The maximum Gasteiger partial charge on any atom is 0.275 e. The van der Waals surface area contributed by atoms with E-state index in [0.29, 0.717) is 29.9 Å². The number of carbonyl (C=O) groups is 2. The van der Waals surface area contributed by atoms with Crippen molar-refractivity contribution in [3.63, 3.8) is 0 Å². The highest BCUT2D eigenvalue weighted by Crippen LogP contribution is 2.18. The molecule has 1 aliphatic heterocycles. The molecule has 3 heterocycles. The van der Waals surface area contributed by atoms with E-state index in [9.17, 15) is 22.8 Å². The van der Waals surface area contributed by atoms with Gasteiger partial charge in [-0.2, -0.15) is 0 Å². The van der Waals surface area contributed by atoms with Crippen LogP contribution in [0.1, 0.15) is 42.8 Å². The van der Waals surface area contributed by atoms with Crippen LogP contribution in [-0.2, 0) is 21.4 Å². The molecule has 14 nitrogen and oxygen atoms in total. The Morgan fingerprint density at radius 1 is 1.17 bits per heavy atom. The number of aromatic nitrogens is 2. The molecular formula is C27H36N8O6S. The molecule has 0 bridgehead atoms. The number of aliphatic imine (C=N–C) groups is 1. The molecule has 2 aromatic heterocycles. The fourth-order valence-corrected chi connectivity index (χ4v) is 5.98. The monoisotopic (exact) mass is 600 g/mol. The van der Waals surface area contributed by atoms with Gasteiger partial charge in [0.05, 0.1) is 11.8 Å². The zero-order valence-corrected chi connectivity index (χ0v) is 23.9. The van der Waals surface area contributed by atoms with Crippen molar-refractivity contribution in [3.05, 3.63) is 58.8 Å². The summed E-state index contributed by atoms with van der Waals surface area (Å²) in [6.07, 6.45) is 4.22. The van der Waals surface area contributed by atoms with Crippen LogP contribution in [0.15, 0.2) is 56.8 Å². The predicted molar refractivity (Wildman–Crippen MR) is 159 cm³/mol. The number of oxazole rings is 1. The molecule has 0 radical (unpaired) electrons. The number of pyridine rings is 1. The molecule has 0 spiro atoms. The number of sulfonamides is 1. The van der Waals surface area contributed by atoms with Gasteiger partial charge in [0, 0.05) is 12.7 Å². The van der Waals surface area contributed by atoms with Gasteiger partial charge in [-0.3, -0.25) is 24.1 Å². The Morgan fingerprint density at radius 3 is 2.67 bits per heavy atom. The van der Waals surface area contributed by atoms with Crippen LogP contribution in [0.25, 0.3) is 11.1 Å². The molecule has 1 saturated heterocycles. The molecule has 0 aliphatic carbocycles. The number of ketones is 1. The van der Waals surface area contributed by atoms with Gasteiger partial charge in [-0.05, 0) is 75.4 Å². The molecule has 4 rings (SSSR count). The lowest BCUT2D eigenvalue weighted by atomic mass is 9.96. The van der Waals surface area contributed by atoms with E-state index < -0.39 is 39.9 Å². The van der Waals surface area contributed by atoms with Crippen LogP contribution in [-0.4, -0.2) is 67.0 Å². The number of nitrogens with zero attached hydrogens (tertiary/aromatic N) is 3. The minimum atomic E-state index is -3.77. The van der Waals surface area contributed by atoms with E-state index in [0.717, 1.165) is 30.5 Å². The van der Waals surface area contributed by atoms with Crippen LogP contribution in [0.3, 0.4) is 0 Å². The van der Waals surface area contributed by atoms with Gasteiger partial charge in [0.15, 0.2) is 11.5 Å². The lowest BCUT2D eigenvalue weighted by Gasteiger charge is -2.22. The minimum Gasteiger partial charge on any atom is -0.434 e. The van der Waals surface area contributed by atoms with E-state index in [4.69, 9.17) is 15.9 Å². The van der Waals surface area contributed by atoms with Gasteiger partial charge < -0.3 is 31.1 Å². The number of guanidine groups is 1. The number of nitrogens with one attached hydrogen (secondary N) is 3. The van der Waals surface area contributed by atoms with E-state index in [1.54, 1.807) is 24.3 Å². The smallest absolute Gasteiger partial charge is 0.275 e. The zero-order chi connectivity index (χ0) is 30.1. The van der Waals surface area contributed by atoms with Gasteiger partial charge in [0.2, 0.25) is 21.7 Å². The minimum absolute atomic E-state index is 0.0953. The van der Waals surface area contributed by atoms with E-state index in [1.807, 2.05) is 0 Å². The van der Waals surface area contributed by atoms with E-state index in [2.05, 4.69) is 25.3 Å². The highest BCUT2D eigenvalue weighted by atomic mass is 32.2. The average molecular weight is 601 g/mol. The summed E-state index contributed by atoms with van der Waals surface area (Å²) in [7, 11) is -3.77. The van der Waals surface area contributed by atoms with E-state index in [-0.39, 0.29) is 36.3 Å². The Kier molecular flexibility index (Phi) is 10.3. The third-order valence-electron chi connectivity index (χ3n) is 6.95. The molecule has 226 valence electrons. The number of fused-ring (bicyclic) bond motifs is 1. The molecule has 1 fully saturated rings. The Bertz CT molecular complexity index is 1560. The van der Waals surface area contributed by atoms with Gasteiger partial charge in [-0.1, -0.05) is 12.1 Å². The number of nitrogens with two attached hydrogens (primary N) is 2. The number of rotatable bonds is 14. The number of amides is 1. The SMILES string of the molecule is NC(N)=NCCC[C@H](NC(=O)Cn1cccc(NS(=O)(=O)CCC2CCNCC2)c1=O)C(=O)c1nc2ccccc2o1. The quantitative estimate of drug-likeness (QED) is 0.0749. The maximum absolute atomic E-state index is 13.3. The number of anilines is 1. The number of Topliss-reactive ketones (excluding diaryl/α,β-unsaturated/α-hetero) is 1. The number of carbonyl (C=O) groups excluding carboxylic acids is 2. The summed E-state index contributed by atoms with van der Waals surface area (Å²) in [5.41, 5.74) is 10.8. The third-order valence-corrected chi connectivity index (χ3v) is 8.26. The molecule has 1 aromatic carbocycles. The summed E-state index contributed by atoms with van der Waals surface area (Å²) in [6, 6.07) is 8.66. The van der Waals surface area contributed by atoms with Crippen molar-refractivity contribution in [2.24, 2.45) is 22.4 Å². The fraction of sp³-hybridized carbons (Fsp3) is 0.444. The molecule has 7 N–H and O–H groups in total. The van der Waals surface area contributed by atoms with Crippen molar-refractivity contribution in [3.8, 4) is 0 Å².